The Balaban J connectivity index is 2.06. The van der Waals surface area contributed by atoms with Crippen LogP contribution in [0.5, 0.6) is 0 Å². The zero-order valence-electron chi connectivity index (χ0n) is 10.1. The van der Waals surface area contributed by atoms with Gasteiger partial charge in [-0.05, 0) is 24.5 Å². The molecule has 98 valence electrons. The van der Waals surface area contributed by atoms with E-state index >= 15 is 0 Å². The standard InChI is InChI=1S/C12H16ClN3O2/c1-8-4-5-16(7-10(8)15-12(17)18)9-2-3-11(13)14-6-9/h2-3,6,8,10,15H,4-5,7H2,1H3,(H,17,18)/t8-,10-/m1/s1. The molecule has 0 aromatic carbocycles. The third-order valence-electron chi connectivity index (χ3n) is 3.34. The molecule has 0 saturated carbocycles. The predicted molar refractivity (Wildman–Crippen MR) is 70.2 cm³/mol. The summed E-state index contributed by atoms with van der Waals surface area (Å²) in [6.07, 6.45) is 1.70. The van der Waals surface area contributed by atoms with Crippen molar-refractivity contribution in [2.75, 3.05) is 18.0 Å². The molecule has 0 bridgehead atoms. The van der Waals surface area contributed by atoms with E-state index in [0.29, 0.717) is 17.6 Å². The normalized spacial score (nSPS) is 23.8. The number of amides is 1. The Morgan fingerprint density at radius 1 is 1.61 bits per heavy atom. The number of hydrogen-bond donors (Lipinski definition) is 2. The highest BCUT2D eigenvalue weighted by Crippen LogP contribution is 2.23. The van der Waals surface area contributed by atoms with Gasteiger partial charge in [-0.25, -0.2) is 9.78 Å². The average molecular weight is 270 g/mol. The molecule has 1 fully saturated rings. The fourth-order valence-corrected chi connectivity index (χ4v) is 2.32. The second-order valence-electron chi connectivity index (χ2n) is 4.61. The van der Waals surface area contributed by atoms with Crippen LogP contribution in [-0.2, 0) is 0 Å². The molecule has 0 aliphatic carbocycles. The molecule has 2 rings (SSSR count). The number of anilines is 1. The maximum atomic E-state index is 10.7. The van der Waals surface area contributed by atoms with Crippen molar-refractivity contribution in [1.29, 1.82) is 0 Å². The third-order valence-corrected chi connectivity index (χ3v) is 3.57. The molecule has 1 aromatic heterocycles. The van der Waals surface area contributed by atoms with Gasteiger partial charge in [0.25, 0.3) is 0 Å². The number of nitrogens with one attached hydrogen (secondary N) is 1. The summed E-state index contributed by atoms with van der Waals surface area (Å²) in [6.45, 7) is 3.64. The van der Waals surface area contributed by atoms with Crippen LogP contribution < -0.4 is 10.2 Å². The minimum atomic E-state index is -0.970. The maximum Gasteiger partial charge on any atom is 0.404 e. The van der Waals surface area contributed by atoms with Crippen molar-refractivity contribution >= 4 is 23.4 Å². The van der Waals surface area contributed by atoms with Gasteiger partial charge in [-0.3, -0.25) is 0 Å². The molecule has 2 heterocycles. The van der Waals surface area contributed by atoms with Gasteiger partial charge in [0.05, 0.1) is 17.9 Å². The third kappa shape index (κ3) is 3.04. The van der Waals surface area contributed by atoms with Gasteiger partial charge in [0.15, 0.2) is 0 Å². The molecular formula is C12H16ClN3O2. The molecular weight excluding hydrogens is 254 g/mol. The van der Waals surface area contributed by atoms with Crippen LogP contribution in [0.1, 0.15) is 13.3 Å². The van der Waals surface area contributed by atoms with Gasteiger partial charge in [-0.2, -0.15) is 0 Å². The van der Waals surface area contributed by atoms with E-state index in [-0.39, 0.29) is 6.04 Å². The fourth-order valence-electron chi connectivity index (χ4n) is 2.21. The van der Waals surface area contributed by atoms with E-state index in [2.05, 4.69) is 22.1 Å². The summed E-state index contributed by atoms with van der Waals surface area (Å²) in [6, 6.07) is 3.60. The van der Waals surface area contributed by atoms with Gasteiger partial charge in [0, 0.05) is 13.1 Å². The van der Waals surface area contributed by atoms with Gasteiger partial charge < -0.3 is 15.3 Å². The van der Waals surface area contributed by atoms with Crippen molar-refractivity contribution in [2.24, 2.45) is 5.92 Å². The molecule has 18 heavy (non-hydrogen) atoms. The molecule has 2 atom stereocenters. The second-order valence-corrected chi connectivity index (χ2v) is 4.99. The lowest BCUT2D eigenvalue weighted by atomic mass is 9.93. The van der Waals surface area contributed by atoms with E-state index in [1.165, 1.54) is 0 Å². The Bertz CT molecular complexity index is 424. The summed E-state index contributed by atoms with van der Waals surface area (Å²) >= 11 is 5.75. The summed E-state index contributed by atoms with van der Waals surface area (Å²) < 4.78 is 0. The van der Waals surface area contributed by atoms with Crippen LogP contribution >= 0.6 is 11.6 Å². The smallest absolute Gasteiger partial charge is 0.404 e. The molecule has 5 nitrogen and oxygen atoms in total. The van der Waals surface area contributed by atoms with Crippen molar-refractivity contribution in [3.05, 3.63) is 23.5 Å². The van der Waals surface area contributed by atoms with Crippen LogP contribution in [0.2, 0.25) is 5.15 Å². The fraction of sp³-hybridized carbons (Fsp3) is 0.500. The average Bonchev–Trinajstić information content (AvgIpc) is 2.32. The number of pyridine rings is 1. The van der Waals surface area contributed by atoms with E-state index in [1.807, 2.05) is 6.07 Å². The number of carboxylic acid groups (broad SMARTS) is 1. The van der Waals surface area contributed by atoms with Crippen LogP contribution in [0.4, 0.5) is 10.5 Å². The summed E-state index contributed by atoms with van der Waals surface area (Å²) in [4.78, 5) is 16.9. The number of piperidine rings is 1. The number of carbonyl (C=O) groups is 1. The van der Waals surface area contributed by atoms with Gasteiger partial charge in [0.1, 0.15) is 5.15 Å². The summed E-state index contributed by atoms with van der Waals surface area (Å²) in [5.41, 5.74) is 0.975. The van der Waals surface area contributed by atoms with Crippen molar-refractivity contribution in [3.63, 3.8) is 0 Å². The van der Waals surface area contributed by atoms with E-state index in [1.54, 1.807) is 12.3 Å². The molecule has 1 saturated heterocycles. The highest BCUT2D eigenvalue weighted by Gasteiger charge is 2.27. The van der Waals surface area contributed by atoms with E-state index in [0.717, 1.165) is 18.7 Å². The SMILES string of the molecule is C[C@@H]1CCN(c2ccc(Cl)nc2)C[C@H]1NC(=O)O. The Morgan fingerprint density at radius 3 is 3.00 bits per heavy atom. The Hall–Kier alpha value is -1.49. The van der Waals surface area contributed by atoms with E-state index in [9.17, 15) is 4.79 Å². The number of nitrogens with zero attached hydrogens (tertiary/aromatic N) is 2. The quantitative estimate of drug-likeness (QED) is 0.808. The first-order chi connectivity index (χ1) is 8.56. The lowest BCUT2D eigenvalue weighted by Gasteiger charge is -2.38. The first-order valence-electron chi connectivity index (χ1n) is 5.92. The van der Waals surface area contributed by atoms with Crippen molar-refractivity contribution in [2.45, 2.75) is 19.4 Å². The number of rotatable bonds is 2. The molecule has 6 heteroatoms. The number of hydrogen-bond acceptors (Lipinski definition) is 3. The van der Waals surface area contributed by atoms with Gasteiger partial charge in [0.2, 0.25) is 0 Å². The molecule has 0 radical (unpaired) electrons. The highest BCUT2D eigenvalue weighted by atomic mass is 35.5. The van der Waals surface area contributed by atoms with Crippen molar-refractivity contribution < 1.29 is 9.90 Å². The lowest BCUT2D eigenvalue weighted by Crippen LogP contribution is -2.51. The Morgan fingerprint density at radius 2 is 2.39 bits per heavy atom. The molecule has 0 unspecified atom stereocenters. The zero-order chi connectivity index (χ0) is 13.1. The molecule has 0 spiro atoms. The molecule has 1 aliphatic rings. The molecule has 1 aliphatic heterocycles. The Labute approximate surface area is 111 Å². The Kier molecular flexibility index (Phi) is 3.91. The van der Waals surface area contributed by atoms with Crippen LogP contribution in [0.15, 0.2) is 18.3 Å². The molecule has 2 N–H and O–H groups in total. The molecule has 1 aromatic rings. The first kappa shape index (κ1) is 13.0. The monoisotopic (exact) mass is 269 g/mol. The van der Waals surface area contributed by atoms with Gasteiger partial charge in [-0.1, -0.05) is 18.5 Å². The van der Waals surface area contributed by atoms with Crippen LogP contribution in [0, 0.1) is 5.92 Å². The van der Waals surface area contributed by atoms with E-state index < -0.39 is 6.09 Å². The second kappa shape index (κ2) is 5.44. The number of aromatic nitrogens is 1. The zero-order valence-corrected chi connectivity index (χ0v) is 10.9. The topological polar surface area (TPSA) is 65.5 Å². The summed E-state index contributed by atoms with van der Waals surface area (Å²) in [5, 5.41) is 11.9. The van der Waals surface area contributed by atoms with Gasteiger partial charge in [-0.15, -0.1) is 0 Å². The molecule has 1 amide bonds. The van der Waals surface area contributed by atoms with Gasteiger partial charge >= 0.3 is 6.09 Å². The maximum absolute atomic E-state index is 10.7. The lowest BCUT2D eigenvalue weighted by molar-refractivity contribution is 0.182. The highest BCUT2D eigenvalue weighted by molar-refractivity contribution is 6.29. The minimum Gasteiger partial charge on any atom is -0.465 e. The van der Waals surface area contributed by atoms with Crippen LogP contribution in [0.25, 0.3) is 0 Å². The van der Waals surface area contributed by atoms with E-state index in [4.69, 9.17) is 16.7 Å². The first-order valence-corrected chi connectivity index (χ1v) is 6.30. The van der Waals surface area contributed by atoms with Crippen LogP contribution in [0.3, 0.4) is 0 Å². The van der Waals surface area contributed by atoms with Crippen LogP contribution in [-0.4, -0.2) is 35.3 Å². The summed E-state index contributed by atoms with van der Waals surface area (Å²) in [5.74, 6) is 0.345. The van der Waals surface area contributed by atoms with Crippen molar-refractivity contribution in [1.82, 2.24) is 10.3 Å². The summed E-state index contributed by atoms with van der Waals surface area (Å²) in [7, 11) is 0. The minimum absolute atomic E-state index is 0.0491. The van der Waals surface area contributed by atoms with Crippen molar-refractivity contribution in [3.8, 4) is 0 Å². The number of halogens is 1. The predicted octanol–water partition coefficient (Wildman–Crippen LogP) is 2.22. The largest absolute Gasteiger partial charge is 0.465 e.